The van der Waals surface area contributed by atoms with Crippen LogP contribution in [0, 0.1) is 12.8 Å². The van der Waals surface area contributed by atoms with Crippen molar-refractivity contribution in [3.05, 3.63) is 58.1 Å². The number of hydrazine groups is 1. The Labute approximate surface area is 173 Å². The molecule has 0 aliphatic heterocycles. The van der Waals surface area contributed by atoms with Crippen LogP contribution in [0.15, 0.2) is 46.9 Å². The van der Waals surface area contributed by atoms with Gasteiger partial charge in [-0.05, 0) is 77.2 Å². The molecule has 7 heteroatoms. The van der Waals surface area contributed by atoms with E-state index < -0.39 is 11.8 Å². The standard InChI is InChI=1S/C21H25BrN2O4/c1-14(2)10-11-27-17-7-5-16(6-8-17)21(26)24-23-20(25)13-28-19-9-4-15(3)12-18(19)22/h4-9,12,14H,10-11,13H2,1-3H3,(H,23,25)(H,24,26). The highest BCUT2D eigenvalue weighted by Crippen LogP contribution is 2.25. The first-order chi connectivity index (χ1) is 13.3. The van der Waals surface area contributed by atoms with Gasteiger partial charge in [-0.3, -0.25) is 20.4 Å². The summed E-state index contributed by atoms with van der Waals surface area (Å²) in [6.45, 7) is 6.65. The highest BCUT2D eigenvalue weighted by atomic mass is 79.9. The van der Waals surface area contributed by atoms with Gasteiger partial charge in [0.05, 0.1) is 11.1 Å². The number of aryl methyl sites for hydroxylation is 1. The fraction of sp³-hybridized carbons (Fsp3) is 0.333. The normalized spacial score (nSPS) is 10.5. The number of halogens is 1. The van der Waals surface area contributed by atoms with E-state index in [-0.39, 0.29) is 6.61 Å². The summed E-state index contributed by atoms with van der Waals surface area (Å²) < 4.78 is 11.8. The van der Waals surface area contributed by atoms with E-state index >= 15 is 0 Å². The van der Waals surface area contributed by atoms with Gasteiger partial charge in [0.2, 0.25) is 0 Å². The second kappa shape index (κ2) is 10.7. The van der Waals surface area contributed by atoms with Crippen LogP contribution >= 0.6 is 15.9 Å². The second-order valence-electron chi connectivity index (χ2n) is 6.78. The van der Waals surface area contributed by atoms with Gasteiger partial charge in [-0.15, -0.1) is 0 Å². The summed E-state index contributed by atoms with van der Waals surface area (Å²) in [6.07, 6.45) is 0.968. The van der Waals surface area contributed by atoms with Crippen LogP contribution in [0.2, 0.25) is 0 Å². The van der Waals surface area contributed by atoms with Crippen molar-refractivity contribution in [2.45, 2.75) is 27.2 Å². The number of amides is 2. The quantitative estimate of drug-likeness (QED) is 0.597. The van der Waals surface area contributed by atoms with Gasteiger partial charge < -0.3 is 9.47 Å². The van der Waals surface area contributed by atoms with Crippen LogP contribution in [0.5, 0.6) is 11.5 Å². The number of hydrogen-bond acceptors (Lipinski definition) is 4. The molecule has 0 unspecified atom stereocenters. The second-order valence-corrected chi connectivity index (χ2v) is 7.63. The lowest BCUT2D eigenvalue weighted by molar-refractivity contribution is -0.123. The van der Waals surface area contributed by atoms with Crippen LogP contribution in [0.4, 0.5) is 0 Å². The zero-order valence-corrected chi connectivity index (χ0v) is 17.8. The predicted octanol–water partition coefficient (Wildman–Crippen LogP) is 4.02. The van der Waals surface area contributed by atoms with Crippen LogP contribution in [-0.2, 0) is 4.79 Å². The SMILES string of the molecule is Cc1ccc(OCC(=O)NNC(=O)c2ccc(OCCC(C)C)cc2)c(Br)c1. The van der Waals surface area contributed by atoms with Crippen molar-refractivity contribution in [2.24, 2.45) is 5.92 Å². The molecule has 0 atom stereocenters. The van der Waals surface area contributed by atoms with Gasteiger partial charge >= 0.3 is 0 Å². The highest BCUT2D eigenvalue weighted by Gasteiger charge is 2.09. The molecule has 6 nitrogen and oxygen atoms in total. The van der Waals surface area contributed by atoms with E-state index in [0.717, 1.165) is 16.5 Å². The van der Waals surface area contributed by atoms with Gasteiger partial charge in [-0.2, -0.15) is 0 Å². The smallest absolute Gasteiger partial charge is 0.276 e. The van der Waals surface area contributed by atoms with Crippen molar-refractivity contribution in [1.82, 2.24) is 10.9 Å². The number of rotatable bonds is 8. The average molecular weight is 449 g/mol. The van der Waals surface area contributed by atoms with Crippen LogP contribution in [0.25, 0.3) is 0 Å². The minimum Gasteiger partial charge on any atom is -0.494 e. The monoisotopic (exact) mass is 448 g/mol. The van der Waals surface area contributed by atoms with E-state index in [9.17, 15) is 9.59 Å². The first-order valence-corrected chi connectivity index (χ1v) is 9.85. The molecule has 2 aromatic carbocycles. The van der Waals surface area contributed by atoms with Crippen molar-refractivity contribution in [3.63, 3.8) is 0 Å². The third-order valence-electron chi connectivity index (χ3n) is 3.84. The van der Waals surface area contributed by atoms with E-state index in [1.165, 1.54) is 0 Å². The Morgan fingerprint density at radius 1 is 1.04 bits per heavy atom. The Kier molecular flexibility index (Phi) is 8.32. The molecule has 28 heavy (non-hydrogen) atoms. The fourth-order valence-corrected chi connectivity index (χ4v) is 2.82. The molecule has 0 aromatic heterocycles. The largest absolute Gasteiger partial charge is 0.494 e. The number of carbonyl (C=O) groups excluding carboxylic acids is 2. The van der Waals surface area contributed by atoms with Crippen molar-refractivity contribution in [2.75, 3.05) is 13.2 Å². The lowest BCUT2D eigenvalue weighted by Crippen LogP contribution is -2.43. The summed E-state index contributed by atoms with van der Waals surface area (Å²) in [4.78, 5) is 24.0. The molecular formula is C21H25BrN2O4. The zero-order valence-electron chi connectivity index (χ0n) is 16.3. The molecule has 150 valence electrons. The fourth-order valence-electron chi connectivity index (χ4n) is 2.22. The maximum absolute atomic E-state index is 12.1. The molecule has 2 rings (SSSR count). The molecule has 2 amide bonds. The lowest BCUT2D eigenvalue weighted by Gasteiger charge is -2.11. The number of nitrogens with one attached hydrogen (secondary N) is 2. The molecule has 0 fully saturated rings. The Morgan fingerprint density at radius 2 is 1.75 bits per heavy atom. The van der Waals surface area contributed by atoms with E-state index in [1.807, 2.05) is 19.1 Å². The molecule has 0 aliphatic carbocycles. The van der Waals surface area contributed by atoms with Crippen LogP contribution < -0.4 is 20.3 Å². The summed E-state index contributed by atoms with van der Waals surface area (Å²) >= 11 is 3.38. The van der Waals surface area contributed by atoms with Gasteiger partial charge in [0.15, 0.2) is 6.61 Å². The summed E-state index contributed by atoms with van der Waals surface area (Å²) in [5, 5.41) is 0. The minimum atomic E-state index is -0.463. The molecule has 0 spiro atoms. The molecule has 0 saturated carbocycles. The number of carbonyl (C=O) groups is 2. The maximum Gasteiger partial charge on any atom is 0.276 e. The molecule has 0 saturated heterocycles. The number of benzene rings is 2. The van der Waals surface area contributed by atoms with Crippen molar-refractivity contribution in [1.29, 1.82) is 0 Å². The van der Waals surface area contributed by atoms with E-state index in [4.69, 9.17) is 9.47 Å². The summed E-state index contributed by atoms with van der Waals surface area (Å²) in [7, 11) is 0. The molecule has 2 aromatic rings. The van der Waals surface area contributed by atoms with Gasteiger partial charge in [0.1, 0.15) is 11.5 Å². The Morgan fingerprint density at radius 3 is 2.39 bits per heavy atom. The lowest BCUT2D eigenvalue weighted by atomic mass is 10.1. The van der Waals surface area contributed by atoms with E-state index in [0.29, 0.717) is 29.6 Å². The van der Waals surface area contributed by atoms with Crippen LogP contribution in [-0.4, -0.2) is 25.0 Å². The Hall–Kier alpha value is -2.54. The van der Waals surface area contributed by atoms with Crippen molar-refractivity contribution in [3.8, 4) is 11.5 Å². The molecule has 2 N–H and O–H groups in total. The van der Waals surface area contributed by atoms with Gasteiger partial charge in [-0.1, -0.05) is 19.9 Å². The van der Waals surface area contributed by atoms with E-state index in [1.54, 1.807) is 30.3 Å². The molecule has 0 heterocycles. The first kappa shape index (κ1) is 21.8. The van der Waals surface area contributed by atoms with Gasteiger partial charge in [0.25, 0.3) is 11.8 Å². The van der Waals surface area contributed by atoms with Crippen LogP contribution in [0.3, 0.4) is 0 Å². The van der Waals surface area contributed by atoms with E-state index in [2.05, 4.69) is 40.6 Å². The zero-order chi connectivity index (χ0) is 20.5. The third-order valence-corrected chi connectivity index (χ3v) is 4.46. The van der Waals surface area contributed by atoms with Crippen molar-refractivity contribution < 1.29 is 19.1 Å². The molecular weight excluding hydrogens is 424 g/mol. The van der Waals surface area contributed by atoms with Crippen molar-refractivity contribution >= 4 is 27.7 Å². The number of hydrogen-bond donors (Lipinski definition) is 2. The Balaban J connectivity index is 1.75. The molecule has 0 radical (unpaired) electrons. The topological polar surface area (TPSA) is 76.7 Å². The highest BCUT2D eigenvalue weighted by molar-refractivity contribution is 9.10. The number of ether oxygens (including phenoxy) is 2. The average Bonchev–Trinajstić information content (AvgIpc) is 2.65. The first-order valence-electron chi connectivity index (χ1n) is 9.06. The van der Waals surface area contributed by atoms with Gasteiger partial charge in [0, 0.05) is 5.56 Å². The summed E-state index contributed by atoms with van der Waals surface area (Å²) in [5.74, 6) is 0.955. The van der Waals surface area contributed by atoms with Gasteiger partial charge in [-0.25, -0.2) is 0 Å². The minimum absolute atomic E-state index is 0.218. The maximum atomic E-state index is 12.1. The third kappa shape index (κ3) is 7.23. The summed E-state index contributed by atoms with van der Waals surface area (Å²) in [6, 6.07) is 12.3. The van der Waals surface area contributed by atoms with Crippen LogP contribution in [0.1, 0.15) is 36.2 Å². The predicted molar refractivity (Wildman–Crippen MR) is 111 cm³/mol. The molecule has 0 bridgehead atoms. The summed E-state index contributed by atoms with van der Waals surface area (Å²) in [5.41, 5.74) is 6.19. The Bertz CT molecular complexity index is 807. The molecule has 0 aliphatic rings.